The van der Waals surface area contributed by atoms with Gasteiger partial charge in [0.15, 0.2) is 0 Å². The molecule has 0 bridgehead atoms. The predicted octanol–water partition coefficient (Wildman–Crippen LogP) is 3.62. The van der Waals surface area contributed by atoms with Crippen LogP contribution in [0.1, 0.15) is 64.0 Å². The number of carbonyl (C=O) groups is 1. The zero-order valence-electron chi connectivity index (χ0n) is 15.3. The van der Waals surface area contributed by atoms with Crippen LogP contribution in [-0.4, -0.2) is 39.0 Å². The van der Waals surface area contributed by atoms with Crippen molar-refractivity contribution in [2.45, 2.75) is 70.1 Å². The van der Waals surface area contributed by atoms with E-state index in [-0.39, 0.29) is 18.5 Å². The van der Waals surface area contributed by atoms with Crippen LogP contribution in [0.3, 0.4) is 0 Å². The summed E-state index contributed by atoms with van der Waals surface area (Å²) < 4.78 is 39.0. The Morgan fingerprint density at radius 2 is 2.08 bits per heavy atom. The van der Waals surface area contributed by atoms with Crippen molar-refractivity contribution in [3.63, 3.8) is 0 Å². The highest BCUT2D eigenvalue weighted by Gasteiger charge is 2.52. The summed E-state index contributed by atoms with van der Waals surface area (Å²) in [4.78, 5) is 20.8. The molecule has 5 nitrogen and oxygen atoms in total. The Kier molecular flexibility index (Phi) is 6.60. The minimum atomic E-state index is -4.83. The molecule has 0 aromatic carbocycles. The van der Waals surface area contributed by atoms with E-state index in [2.05, 4.69) is 9.97 Å². The Morgan fingerprint density at radius 1 is 1.42 bits per heavy atom. The largest absolute Gasteiger partial charge is 0.471 e. The normalized spacial score (nSPS) is 24.7. The molecule has 2 unspecified atom stereocenters. The topological polar surface area (TPSA) is 72.1 Å². The van der Waals surface area contributed by atoms with Gasteiger partial charge in [-0.3, -0.25) is 4.79 Å². The third kappa shape index (κ3) is 4.93. The zero-order chi connectivity index (χ0) is 19.4. The number of nitrogens with two attached hydrogens (primary N) is 1. The monoisotopic (exact) mass is 372 g/mol. The van der Waals surface area contributed by atoms with Gasteiger partial charge in [-0.05, 0) is 38.5 Å². The summed E-state index contributed by atoms with van der Waals surface area (Å²) >= 11 is 0. The first-order valence-corrected chi connectivity index (χ1v) is 9.06. The molecular weight excluding hydrogens is 345 g/mol. The molecule has 1 saturated heterocycles. The number of rotatable bonds is 7. The molecule has 1 aromatic rings. The number of carbonyl (C=O) groups excluding carboxylic acids is 1. The van der Waals surface area contributed by atoms with E-state index in [9.17, 15) is 18.0 Å². The standard InChI is InChI=1S/C18H27F3N4O/c1-3-4-7-17(2)8-13(11-25(17)16(26)18(19,20)21)5-6-15(22)14-9-23-12-24-10-14/h9-10,12-13,15H,3-8,11,22H2,1-2H3/t13-,15?,17?/m0/s1. The average molecular weight is 372 g/mol. The number of nitrogens with zero attached hydrogens (tertiary/aromatic N) is 3. The zero-order valence-corrected chi connectivity index (χ0v) is 15.3. The molecule has 0 saturated carbocycles. The van der Waals surface area contributed by atoms with Crippen molar-refractivity contribution in [1.82, 2.24) is 14.9 Å². The first kappa shape index (κ1) is 20.6. The summed E-state index contributed by atoms with van der Waals surface area (Å²) in [5, 5.41) is 0. The van der Waals surface area contributed by atoms with Gasteiger partial charge >= 0.3 is 12.1 Å². The predicted molar refractivity (Wildman–Crippen MR) is 92.0 cm³/mol. The van der Waals surface area contributed by atoms with Crippen molar-refractivity contribution in [3.05, 3.63) is 24.3 Å². The van der Waals surface area contributed by atoms with Crippen LogP contribution in [0, 0.1) is 5.92 Å². The molecular formula is C18H27F3N4O. The minimum Gasteiger partial charge on any atom is -0.329 e. The highest BCUT2D eigenvalue weighted by atomic mass is 19.4. The van der Waals surface area contributed by atoms with Crippen LogP contribution in [0.5, 0.6) is 0 Å². The van der Waals surface area contributed by atoms with Gasteiger partial charge in [0.25, 0.3) is 0 Å². The van der Waals surface area contributed by atoms with Crippen LogP contribution < -0.4 is 5.73 Å². The second-order valence-electron chi connectivity index (χ2n) is 7.44. The lowest BCUT2D eigenvalue weighted by Crippen LogP contribution is -2.50. The SMILES string of the molecule is CCCCC1(C)C[C@H](CCC(N)c2cncnc2)CN1C(=O)C(F)(F)F. The van der Waals surface area contributed by atoms with E-state index in [1.807, 2.05) is 6.92 Å². The fraction of sp³-hybridized carbons (Fsp3) is 0.722. The van der Waals surface area contributed by atoms with E-state index in [4.69, 9.17) is 5.73 Å². The molecule has 0 spiro atoms. The fourth-order valence-electron chi connectivity index (χ4n) is 3.83. The molecule has 2 heterocycles. The van der Waals surface area contributed by atoms with Crippen LogP contribution in [-0.2, 0) is 4.79 Å². The third-order valence-corrected chi connectivity index (χ3v) is 5.27. The van der Waals surface area contributed by atoms with Crippen molar-refractivity contribution in [2.24, 2.45) is 11.7 Å². The van der Waals surface area contributed by atoms with Gasteiger partial charge in [-0.15, -0.1) is 0 Å². The molecule has 0 radical (unpaired) electrons. The van der Waals surface area contributed by atoms with Crippen LogP contribution in [0.25, 0.3) is 0 Å². The van der Waals surface area contributed by atoms with Crippen LogP contribution in [0.4, 0.5) is 13.2 Å². The summed E-state index contributed by atoms with van der Waals surface area (Å²) in [7, 11) is 0. The molecule has 1 aliphatic heterocycles. The van der Waals surface area contributed by atoms with Crippen LogP contribution in [0.2, 0.25) is 0 Å². The molecule has 8 heteroatoms. The van der Waals surface area contributed by atoms with Crippen molar-refractivity contribution < 1.29 is 18.0 Å². The van der Waals surface area contributed by atoms with Crippen molar-refractivity contribution in [3.8, 4) is 0 Å². The molecule has 26 heavy (non-hydrogen) atoms. The number of halogens is 3. The average Bonchev–Trinajstić information content (AvgIpc) is 2.94. The van der Waals surface area contributed by atoms with E-state index in [0.29, 0.717) is 25.7 Å². The second-order valence-corrected chi connectivity index (χ2v) is 7.44. The number of hydrogen-bond donors (Lipinski definition) is 1. The molecule has 1 aromatic heterocycles. The lowest BCUT2D eigenvalue weighted by atomic mass is 9.86. The fourth-order valence-corrected chi connectivity index (χ4v) is 3.83. The summed E-state index contributed by atoms with van der Waals surface area (Å²) in [6.45, 7) is 3.90. The highest BCUT2D eigenvalue weighted by Crippen LogP contribution is 2.41. The molecule has 2 rings (SSSR count). The third-order valence-electron chi connectivity index (χ3n) is 5.27. The number of alkyl halides is 3. The van der Waals surface area contributed by atoms with E-state index >= 15 is 0 Å². The van der Waals surface area contributed by atoms with Crippen molar-refractivity contribution in [1.29, 1.82) is 0 Å². The molecule has 1 amide bonds. The maximum atomic E-state index is 13.0. The number of hydrogen-bond acceptors (Lipinski definition) is 4. The van der Waals surface area contributed by atoms with Crippen LogP contribution in [0.15, 0.2) is 18.7 Å². The Morgan fingerprint density at radius 3 is 2.65 bits per heavy atom. The van der Waals surface area contributed by atoms with Gasteiger partial charge in [0, 0.05) is 36.1 Å². The molecule has 0 aliphatic carbocycles. The number of amides is 1. The summed E-state index contributed by atoms with van der Waals surface area (Å²) in [6.07, 6.45) is 4.02. The first-order chi connectivity index (χ1) is 12.2. The lowest BCUT2D eigenvalue weighted by molar-refractivity contribution is -0.189. The van der Waals surface area contributed by atoms with Gasteiger partial charge in [0.05, 0.1) is 0 Å². The molecule has 146 valence electrons. The Hall–Kier alpha value is -1.70. The van der Waals surface area contributed by atoms with Gasteiger partial charge < -0.3 is 10.6 Å². The maximum absolute atomic E-state index is 13.0. The Labute approximate surface area is 152 Å². The van der Waals surface area contributed by atoms with Gasteiger partial charge in [-0.2, -0.15) is 13.2 Å². The summed E-state index contributed by atoms with van der Waals surface area (Å²) in [6, 6.07) is -0.259. The summed E-state index contributed by atoms with van der Waals surface area (Å²) in [5.74, 6) is -1.71. The van der Waals surface area contributed by atoms with Gasteiger partial charge in [0.1, 0.15) is 6.33 Å². The van der Waals surface area contributed by atoms with E-state index in [0.717, 1.165) is 23.3 Å². The Bertz CT molecular complexity index is 596. The minimum absolute atomic E-state index is 0.0128. The molecule has 3 atom stereocenters. The van der Waals surface area contributed by atoms with Crippen LogP contribution >= 0.6 is 0 Å². The maximum Gasteiger partial charge on any atom is 0.471 e. The summed E-state index contributed by atoms with van der Waals surface area (Å²) in [5.41, 5.74) is 6.21. The number of likely N-dealkylation sites (tertiary alicyclic amines) is 1. The van der Waals surface area contributed by atoms with Crippen molar-refractivity contribution >= 4 is 5.91 Å². The molecule has 1 aliphatic rings. The smallest absolute Gasteiger partial charge is 0.329 e. The van der Waals surface area contributed by atoms with Gasteiger partial charge in [0.2, 0.25) is 0 Å². The van der Waals surface area contributed by atoms with Gasteiger partial charge in [-0.25, -0.2) is 9.97 Å². The number of aromatic nitrogens is 2. The highest BCUT2D eigenvalue weighted by molar-refractivity contribution is 5.83. The van der Waals surface area contributed by atoms with Crippen molar-refractivity contribution in [2.75, 3.05) is 6.54 Å². The second kappa shape index (κ2) is 8.33. The lowest BCUT2D eigenvalue weighted by Gasteiger charge is -2.35. The van der Waals surface area contributed by atoms with E-state index < -0.39 is 17.6 Å². The quantitative estimate of drug-likeness (QED) is 0.793. The van der Waals surface area contributed by atoms with E-state index in [1.165, 1.54) is 6.33 Å². The van der Waals surface area contributed by atoms with Gasteiger partial charge in [-0.1, -0.05) is 19.8 Å². The molecule has 2 N–H and O–H groups in total. The number of unbranched alkanes of at least 4 members (excludes halogenated alkanes) is 1. The van der Waals surface area contributed by atoms with E-state index in [1.54, 1.807) is 19.3 Å². The Balaban J connectivity index is 2.03. The molecule has 1 fully saturated rings. The first-order valence-electron chi connectivity index (χ1n) is 9.06.